The Labute approximate surface area is 71.5 Å². The average molecular weight is 167 g/mol. The Morgan fingerprint density at radius 3 is 2.33 bits per heavy atom. The van der Waals surface area contributed by atoms with Crippen LogP contribution < -0.4 is 5.73 Å². The van der Waals surface area contributed by atoms with Gasteiger partial charge in [-0.15, -0.1) is 0 Å². The van der Waals surface area contributed by atoms with Crippen molar-refractivity contribution in [3.05, 3.63) is 29.8 Å². The van der Waals surface area contributed by atoms with Crippen LogP contribution in [0.5, 0.6) is 5.75 Å². The van der Waals surface area contributed by atoms with E-state index < -0.39 is 0 Å². The molecule has 0 aliphatic rings. The van der Waals surface area contributed by atoms with E-state index in [0.29, 0.717) is 6.42 Å². The number of aliphatic hydroxyl groups is 1. The quantitative estimate of drug-likeness (QED) is 0.623. The van der Waals surface area contributed by atoms with Crippen LogP contribution in [0, 0.1) is 0 Å². The number of benzene rings is 1. The first kappa shape index (κ1) is 9.03. The molecule has 66 valence electrons. The third kappa shape index (κ3) is 2.22. The number of rotatable bonds is 3. The molecule has 0 fully saturated rings. The Kier molecular flexibility index (Phi) is 3.08. The van der Waals surface area contributed by atoms with E-state index >= 15 is 0 Å². The third-order valence-corrected chi connectivity index (χ3v) is 1.76. The fourth-order valence-electron chi connectivity index (χ4n) is 1.03. The highest BCUT2D eigenvalue weighted by atomic mass is 16.3. The minimum Gasteiger partial charge on any atom is -0.508 e. The predicted octanol–water partition coefficient (Wildman–Crippen LogP) is 0.774. The molecule has 1 rings (SSSR count). The van der Waals surface area contributed by atoms with Gasteiger partial charge in [0.05, 0.1) is 0 Å². The predicted molar refractivity (Wildman–Crippen MR) is 46.7 cm³/mol. The number of hydrogen-bond acceptors (Lipinski definition) is 3. The molecule has 0 aliphatic carbocycles. The van der Waals surface area contributed by atoms with E-state index in [1.54, 1.807) is 24.3 Å². The summed E-state index contributed by atoms with van der Waals surface area (Å²) < 4.78 is 0. The van der Waals surface area contributed by atoms with Crippen molar-refractivity contribution in [2.45, 2.75) is 12.5 Å². The van der Waals surface area contributed by atoms with E-state index in [1.807, 2.05) is 0 Å². The summed E-state index contributed by atoms with van der Waals surface area (Å²) in [6.07, 6.45) is 0.546. The first-order chi connectivity index (χ1) is 5.74. The van der Waals surface area contributed by atoms with Gasteiger partial charge in [0.2, 0.25) is 0 Å². The second kappa shape index (κ2) is 4.09. The normalized spacial score (nSPS) is 12.8. The standard InChI is InChI=1S/C9H13NO2/c10-9(5-6-11)7-1-3-8(12)4-2-7/h1-4,9,11-12H,5-6,10H2. The van der Waals surface area contributed by atoms with Crippen molar-refractivity contribution >= 4 is 0 Å². The van der Waals surface area contributed by atoms with Gasteiger partial charge in [-0.3, -0.25) is 0 Å². The zero-order valence-electron chi connectivity index (χ0n) is 6.77. The minimum atomic E-state index is -0.143. The molecule has 1 aromatic carbocycles. The van der Waals surface area contributed by atoms with Crippen molar-refractivity contribution < 1.29 is 10.2 Å². The van der Waals surface area contributed by atoms with Crippen LogP contribution >= 0.6 is 0 Å². The molecule has 0 spiro atoms. The van der Waals surface area contributed by atoms with Gasteiger partial charge < -0.3 is 15.9 Å². The zero-order valence-corrected chi connectivity index (χ0v) is 6.77. The lowest BCUT2D eigenvalue weighted by atomic mass is 10.1. The Morgan fingerprint density at radius 2 is 1.83 bits per heavy atom. The van der Waals surface area contributed by atoms with Crippen molar-refractivity contribution in [3.63, 3.8) is 0 Å². The molecule has 3 nitrogen and oxygen atoms in total. The molecular formula is C9H13NO2. The molecule has 0 saturated carbocycles. The average Bonchev–Trinajstić information content (AvgIpc) is 2.06. The van der Waals surface area contributed by atoms with Crippen LogP contribution in [0.1, 0.15) is 18.0 Å². The molecule has 1 aromatic rings. The summed E-state index contributed by atoms with van der Waals surface area (Å²) in [5.41, 5.74) is 6.65. The zero-order chi connectivity index (χ0) is 8.97. The van der Waals surface area contributed by atoms with Crippen LogP contribution in [-0.2, 0) is 0 Å². The number of aliphatic hydroxyl groups excluding tert-OH is 1. The molecule has 4 N–H and O–H groups in total. The van der Waals surface area contributed by atoms with Crippen molar-refractivity contribution in [3.8, 4) is 5.75 Å². The molecule has 0 radical (unpaired) electrons. The SMILES string of the molecule is NC(CCO)c1ccc(O)cc1. The monoisotopic (exact) mass is 167 g/mol. The molecule has 0 aromatic heterocycles. The largest absolute Gasteiger partial charge is 0.508 e. The van der Waals surface area contributed by atoms with Crippen LogP contribution in [0.15, 0.2) is 24.3 Å². The van der Waals surface area contributed by atoms with E-state index in [4.69, 9.17) is 15.9 Å². The highest BCUT2D eigenvalue weighted by Gasteiger charge is 2.03. The molecule has 1 atom stereocenters. The maximum absolute atomic E-state index is 8.98. The molecule has 0 aliphatic heterocycles. The van der Waals surface area contributed by atoms with E-state index in [2.05, 4.69) is 0 Å². The lowest BCUT2D eigenvalue weighted by molar-refractivity contribution is 0.276. The van der Waals surface area contributed by atoms with E-state index in [9.17, 15) is 0 Å². The van der Waals surface area contributed by atoms with Gasteiger partial charge in [-0.2, -0.15) is 0 Å². The third-order valence-electron chi connectivity index (χ3n) is 1.76. The smallest absolute Gasteiger partial charge is 0.115 e. The van der Waals surface area contributed by atoms with E-state index in [-0.39, 0.29) is 18.4 Å². The van der Waals surface area contributed by atoms with Gasteiger partial charge in [-0.05, 0) is 24.1 Å². The number of hydrogen-bond donors (Lipinski definition) is 3. The van der Waals surface area contributed by atoms with Crippen molar-refractivity contribution in [1.29, 1.82) is 0 Å². The lowest BCUT2D eigenvalue weighted by Gasteiger charge is -2.09. The lowest BCUT2D eigenvalue weighted by Crippen LogP contribution is -2.11. The summed E-state index contributed by atoms with van der Waals surface area (Å²) in [7, 11) is 0. The van der Waals surface area contributed by atoms with Crippen LogP contribution in [0.25, 0.3) is 0 Å². The topological polar surface area (TPSA) is 66.5 Å². The molecule has 3 heteroatoms. The number of aromatic hydroxyl groups is 1. The summed E-state index contributed by atoms with van der Waals surface area (Å²) in [6.45, 7) is 0.0854. The Bertz CT molecular complexity index is 233. The number of phenolic OH excluding ortho intramolecular Hbond substituents is 1. The van der Waals surface area contributed by atoms with Crippen molar-refractivity contribution in [1.82, 2.24) is 0 Å². The molecule has 1 unspecified atom stereocenters. The van der Waals surface area contributed by atoms with Crippen molar-refractivity contribution in [2.24, 2.45) is 5.73 Å². The van der Waals surface area contributed by atoms with Gasteiger partial charge in [0.1, 0.15) is 5.75 Å². The second-order valence-electron chi connectivity index (χ2n) is 2.71. The minimum absolute atomic E-state index is 0.0854. The Hall–Kier alpha value is -1.06. The van der Waals surface area contributed by atoms with Crippen LogP contribution in [-0.4, -0.2) is 16.8 Å². The van der Waals surface area contributed by atoms with Gasteiger partial charge in [-0.1, -0.05) is 12.1 Å². The molecular weight excluding hydrogens is 154 g/mol. The van der Waals surface area contributed by atoms with Crippen LogP contribution in [0.4, 0.5) is 0 Å². The first-order valence-electron chi connectivity index (χ1n) is 3.89. The summed E-state index contributed by atoms with van der Waals surface area (Å²) in [5, 5.41) is 17.6. The summed E-state index contributed by atoms with van der Waals surface area (Å²) in [6, 6.07) is 6.56. The van der Waals surface area contributed by atoms with Gasteiger partial charge in [-0.25, -0.2) is 0 Å². The fourth-order valence-corrected chi connectivity index (χ4v) is 1.03. The fraction of sp³-hybridized carbons (Fsp3) is 0.333. The van der Waals surface area contributed by atoms with E-state index in [1.165, 1.54) is 0 Å². The van der Waals surface area contributed by atoms with Gasteiger partial charge in [0.25, 0.3) is 0 Å². The molecule has 0 amide bonds. The first-order valence-corrected chi connectivity index (χ1v) is 3.89. The summed E-state index contributed by atoms with van der Waals surface area (Å²) in [4.78, 5) is 0. The maximum Gasteiger partial charge on any atom is 0.115 e. The highest BCUT2D eigenvalue weighted by molar-refractivity contribution is 5.27. The Balaban J connectivity index is 2.68. The van der Waals surface area contributed by atoms with Crippen LogP contribution in [0.3, 0.4) is 0 Å². The van der Waals surface area contributed by atoms with Gasteiger partial charge in [0.15, 0.2) is 0 Å². The number of phenols is 1. The number of nitrogens with two attached hydrogens (primary N) is 1. The molecule has 0 bridgehead atoms. The van der Waals surface area contributed by atoms with Gasteiger partial charge in [0, 0.05) is 12.6 Å². The van der Waals surface area contributed by atoms with E-state index in [0.717, 1.165) is 5.56 Å². The Morgan fingerprint density at radius 1 is 1.25 bits per heavy atom. The maximum atomic E-state index is 8.98. The molecule has 12 heavy (non-hydrogen) atoms. The highest BCUT2D eigenvalue weighted by Crippen LogP contribution is 2.16. The van der Waals surface area contributed by atoms with Crippen LogP contribution in [0.2, 0.25) is 0 Å². The summed E-state index contributed by atoms with van der Waals surface area (Å²) >= 11 is 0. The van der Waals surface area contributed by atoms with Crippen molar-refractivity contribution in [2.75, 3.05) is 6.61 Å². The molecule has 0 heterocycles. The van der Waals surface area contributed by atoms with Gasteiger partial charge >= 0.3 is 0 Å². The second-order valence-corrected chi connectivity index (χ2v) is 2.71. The summed E-state index contributed by atoms with van der Waals surface area (Å²) in [5.74, 6) is 0.231. The molecule has 0 saturated heterocycles.